The minimum atomic E-state index is -0.0773. The van der Waals surface area contributed by atoms with E-state index in [1.165, 1.54) is 11.8 Å². The lowest BCUT2D eigenvalue weighted by Crippen LogP contribution is -2.29. The molecule has 1 heterocycles. The number of carbonyl (C=O) groups is 2. The van der Waals surface area contributed by atoms with Gasteiger partial charge in [0.05, 0.1) is 11.5 Å². The Labute approximate surface area is 131 Å². The number of halogens is 1. The Morgan fingerprint density at radius 2 is 1.80 bits per heavy atom. The first-order valence-corrected chi connectivity index (χ1v) is 8.51. The number of amides is 2. The summed E-state index contributed by atoms with van der Waals surface area (Å²) in [7, 11) is 0. The number of carbonyl (C=O) groups excluding carboxylic acids is 2. The maximum absolute atomic E-state index is 11.8. The summed E-state index contributed by atoms with van der Waals surface area (Å²) in [6.07, 6.45) is 2.20. The lowest BCUT2D eigenvalue weighted by molar-refractivity contribution is -0.127. The summed E-state index contributed by atoms with van der Waals surface area (Å²) in [4.78, 5) is 25.4. The number of likely N-dealkylation sites (tertiary alicyclic amines) is 1. The third kappa shape index (κ3) is 4.83. The second-order valence-electron chi connectivity index (χ2n) is 4.64. The molecule has 0 spiro atoms. The lowest BCUT2D eigenvalue weighted by atomic mass is 10.3. The summed E-state index contributed by atoms with van der Waals surface area (Å²) >= 11 is 4.71. The number of nitrogens with zero attached hydrogens (tertiary/aromatic N) is 1. The third-order valence-corrected chi connectivity index (χ3v) is 4.49. The number of anilines is 1. The van der Waals surface area contributed by atoms with Gasteiger partial charge in [-0.25, -0.2) is 0 Å². The maximum atomic E-state index is 11.8. The van der Waals surface area contributed by atoms with Crippen molar-refractivity contribution in [3.63, 3.8) is 0 Å². The Morgan fingerprint density at radius 1 is 1.15 bits per heavy atom. The van der Waals surface area contributed by atoms with Crippen LogP contribution in [-0.4, -0.2) is 41.3 Å². The first kappa shape index (κ1) is 15.4. The summed E-state index contributed by atoms with van der Waals surface area (Å²) in [5.74, 6) is 0.749. The van der Waals surface area contributed by atoms with Gasteiger partial charge in [0.15, 0.2) is 0 Å². The van der Waals surface area contributed by atoms with Crippen molar-refractivity contribution in [2.45, 2.75) is 12.8 Å². The summed E-state index contributed by atoms with van der Waals surface area (Å²) in [5, 5.41) is 2.81. The first-order valence-electron chi connectivity index (χ1n) is 6.56. The van der Waals surface area contributed by atoms with E-state index < -0.39 is 0 Å². The Hall–Kier alpha value is -1.01. The van der Waals surface area contributed by atoms with E-state index >= 15 is 0 Å². The van der Waals surface area contributed by atoms with Gasteiger partial charge in [0.1, 0.15) is 0 Å². The van der Waals surface area contributed by atoms with Crippen molar-refractivity contribution < 1.29 is 9.59 Å². The molecular formula is C14H17BrN2O2S. The number of hydrogen-bond acceptors (Lipinski definition) is 3. The van der Waals surface area contributed by atoms with Gasteiger partial charge in [-0.1, -0.05) is 15.9 Å². The van der Waals surface area contributed by atoms with E-state index in [4.69, 9.17) is 0 Å². The van der Waals surface area contributed by atoms with Crippen LogP contribution in [-0.2, 0) is 9.59 Å². The van der Waals surface area contributed by atoms with Crippen LogP contribution >= 0.6 is 27.7 Å². The van der Waals surface area contributed by atoms with Crippen LogP contribution < -0.4 is 5.32 Å². The number of rotatable bonds is 5. The average Bonchev–Trinajstić information content (AvgIpc) is 2.95. The molecule has 1 fully saturated rings. The monoisotopic (exact) mass is 356 g/mol. The van der Waals surface area contributed by atoms with Crippen molar-refractivity contribution in [2.75, 3.05) is 29.9 Å². The van der Waals surface area contributed by atoms with Crippen LogP contribution in [0.25, 0.3) is 0 Å². The van der Waals surface area contributed by atoms with Crippen LogP contribution in [0.3, 0.4) is 0 Å². The maximum Gasteiger partial charge on any atom is 0.234 e. The highest BCUT2D eigenvalue weighted by molar-refractivity contribution is 9.10. The highest BCUT2D eigenvalue weighted by Gasteiger charge is 2.17. The zero-order chi connectivity index (χ0) is 14.4. The van der Waals surface area contributed by atoms with Gasteiger partial charge in [-0.3, -0.25) is 9.59 Å². The SMILES string of the molecule is O=C(CSCC(=O)N1CCCC1)Nc1ccc(Br)cc1. The molecule has 108 valence electrons. The van der Waals surface area contributed by atoms with Crippen LogP contribution in [0.15, 0.2) is 28.7 Å². The summed E-state index contributed by atoms with van der Waals surface area (Å²) in [6.45, 7) is 1.73. The van der Waals surface area contributed by atoms with Gasteiger partial charge in [0.25, 0.3) is 0 Å². The van der Waals surface area contributed by atoms with Crippen LogP contribution in [0.1, 0.15) is 12.8 Å². The molecule has 1 aromatic carbocycles. The van der Waals surface area contributed by atoms with Crippen LogP contribution in [0, 0.1) is 0 Å². The van der Waals surface area contributed by atoms with Gasteiger partial charge in [-0.15, -0.1) is 11.8 Å². The quantitative estimate of drug-likeness (QED) is 0.882. The predicted molar refractivity (Wildman–Crippen MR) is 85.9 cm³/mol. The van der Waals surface area contributed by atoms with Crippen molar-refractivity contribution in [1.29, 1.82) is 0 Å². The molecule has 0 unspecified atom stereocenters. The zero-order valence-electron chi connectivity index (χ0n) is 11.1. The van der Waals surface area contributed by atoms with E-state index in [9.17, 15) is 9.59 Å². The number of benzene rings is 1. The van der Waals surface area contributed by atoms with Gasteiger partial charge in [-0.2, -0.15) is 0 Å². The summed E-state index contributed by atoms with van der Waals surface area (Å²) in [5.41, 5.74) is 0.768. The number of thioether (sulfide) groups is 1. The number of nitrogens with one attached hydrogen (secondary N) is 1. The average molecular weight is 357 g/mol. The van der Waals surface area contributed by atoms with Crippen LogP contribution in [0.2, 0.25) is 0 Å². The molecule has 4 nitrogen and oxygen atoms in total. The van der Waals surface area contributed by atoms with E-state index in [-0.39, 0.29) is 11.8 Å². The highest BCUT2D eigenvalue weighted by Crippen LogP contribution is 2.15. The summed E-state index contributed by atoms with van der Waals surface area (Å²) < 4.78 is 0.973. The predicted octanol–water partition coefficient (Wildman–Crippen LogP) is 2.74. The van der Waals surface area contributed by atoms with E-state index in [0.717, 1.165) is 36.1 Å². The third-order valence-electron chi connectivity index (χ3n) is 3.05. The zero-order valence-corrected chi connectivity index (χ0v) is 13.5. The second-order valence-corrected chi connectivity index (χ2v) is 6.54. The fourth-order valence-corrected chi connectivity index (χ4v) is 3.00. The highest BCUT2D eigenvalue weighted by atomic mass is 79.9. The van der Waals surface area contributed by atoms with E-state index in [1.54, 1.807) is 0 Å². The van der Waals surface area contributed by atoms with Crippen molar-refractivity contribution in [2.24, 2.45) is 0 Å². The molecule has 0 saturated carbocycles. The van der Waals surface area contributed by atoms with Crippen molar-refractivity contribution in [3.05, 3.63) is 28.7 Å². The van der Waals surface area contributed by atoms with Gasteiger partial charge >= 0.3 is 0 Å². The molecule has 0 radical (unpaired) electrons. The van der Waals surface area contributed by atoms with Crippen molar-refractivity contribution >= 4 is 45.2 Å². The van der Waals surface area contributed by atoms with Crippen LogP contribution in [0.4, 0.5) is 5.69 Å². The normalized spacial score (nSPS) is 14.3. The number of hydrogen-bond donors (Lipinski definition) is 1. The molecule has 2 amide bonds. The lowest BCUT2D eigenvalue weighted by Gasteiger charge is -2.14. The standard InChI is InChI=1S/C14H17BrN2O2S/c15-11-3-5-12(6-4-11)16-13(18)9-20-10-14(19)17-7-1-2-8-17/h3-6H,1-2,7-10H2,(H,16,18). The van der Waals surface area contributed by atoms with Crippen molar-refractivity contribution in [3.8, 4) is 0 Å². The van der Waals surface area contributed by atoms with Crippen molar-refractivity contribution in [1.82, 2.24) is 4.90 Å². The topological polar surface area (TPSA) is 49.4 Å². The Balaban J connectivity index is 1.67. The molecule has 1 aliphatic heterocycles. The molecule has 6 heteroatoms. The molecule has 20 heavy (non-hydrogen) atoms. The molecule has 1 N–H and O–H groups in total. The largest absolute Gasteiger partial charge is 0.342 e. The minimum absolute atomic E-state index is 0.0773. The fourth-order valence-electron chi connectivity index (χ4n) is 2.02. The molecular weight excluding hydrogens is 340 g/mol. The summed E-state index contributed by atoms with van der Waals surface area (Å²) in [6, 6.07) is 7.42. The molecule has 1 aromatic rings. The van der Waals surface area contributed by atoms with E-state index in [1.807, 2.05) is 29.2 Å². The fraction of sp³-hybridized carbons (Fsp3) is 0.429. The molecule has 0 aliphatic carbocycles. The molecule has 0 bridgehead atoms. The Kier molecular flexibility index (Phi) is 5.91. The molecule has 0 aromatic heterocycles. The van der Waals surface area contributed by atoms with E-state index in [0.29, 0.717) is 11.5 Å². The first-order chi connectivity index (χ1) is 9.65. The van der Waals surface area contributed by atoms with Crippen LogP contribution in [0.5, 0.6) is 0 Å². The molecule has 0 atom stereocenters. The molecule has 2 rings (SSSR count). The second kappa shape index (κ2) is 7.69. The smallest absolute Gasteiger partial charge is 0.234 e. The minimum Gasteiger partial charge on any atom is -0.342 e. The Bertz CT molecular complexity index is 473. The van der Waals surface area contributed by atoms with Gasteiger partial charge in [0.2, 0.25) is 11.8 Å². The van der Waals surface area contributed by atoms with Gasteiger partial charge < -0.3 is 10.2 Å². The van der Waals surface area contributed by atoms with Gasteiger partial charge in [-0.05, 0) is 37.1 Å². The van der Waals surface area contributed by atoms with Gasteiger partial charge in [0, 0.05) is 23.2 Å². The Morgan fingerprint density at radius 3 is 2.45 bits per heavy atom. The van der Waals surface area contributed by atoms with E-state index in [2.05, 4.69) is 21.2 Å². The molecule has 1 aliphatic rings. The molecule has 1 saturated heterocycles.